The molecule has 3 heteroatoms. The summed E-state index contributed by atoms with van der Waals surface area (Å²) in [6, 6.07) is 9.23. The van der Waals surface area contributed by atoms with Gasteiger partial charge in [-0.15, -0.1) is 0 Å². The van der Waals surface area contributed by atoms with Crippen molar-refractivity contribution in [2.75, 3.05) is 13.1 Å². The second-order valence-electron chi connectivity index (χ2n) is 7.44. The highest BCUT2D eigenvalue weighted by molar-refractivity contribution is 6.06. The Balaban J connectivity index is 1.74. The van der Waals surface area contributed by atoms with E-state index in [-0.39, 0.29) is 5.41 Å². The van der Waals surface area contributed by atoms with E-state index in [4.69, 9.17) is 4.99 Å². The lowest BCUT2D eigenvalue weighted by atomic mass is 9.56. The molecule has 23 heavy (non-hydrogen) atoms. The fraction of sp³-hybridized carbons (Fsp3) is 0.500. The molecule has 4 aliphatic rings. The third-order valence-corrected chi connectivity index (χ3v) is 6.78. The summed E-state index contributed by atoms with van der Waals surface area (Å²) in [5.74, 6) is 0.799. The van der Waals surface area contributed by atoms with Crippen molar-refractivity contribution in [1.29, 1.82) is 0 Å². The monoisotopic (exact) mass is 306 g/mol. The van der Waals surface area contributed by atoms with Crippen molar-refractivity contribution in [3.63, 3.8) is 0 Å². The number of nitrogens with zero attached hydrogens (tertiary/aromatic N) is 2. The summed E-state index contributed by atoms with van der Waals surface area (Å²) < 4.78 is 0. The van der Waals surface area contributed by atoms with Gasteiger partial charge in [0.1, 0.15) is 6.29 Å². The van der Waals surface area contributed by atoms with E-state index in [9.17, 15) is 4.79 Å². The number of para-hydroxylation sites is 1. The maximum Gasteiger partial charge on any atom is 0.120 e. The molecule has 3 aliphatic heterocycles. The average Bonchev–Trinajstić information content (AvgIpc) is 3.13. The average molecular weight is 306 g/mol. The maximum atomic E-state index is 11.4. The largest absolute Gasteiger partial charge is 0.303 e. The molecule has 3 heterocycles. The second-order valence-corrected chi connectivity index (χ2v) is 7.44. The number of aldehydes is 1. The number of fused-ring (bicyclic) bond motifs is 2. The lowest BCUT2D eigenvalue weighted by molar-refractivity contribution is -0.108. The molecule has 1 aromatic rings. The SMILES string of the molecule is CC=C1CN2CC[C@@]34C(=Nc5ccccc53)C(CC=O)[C@H]1C[C@H]24. The molecular weight excluding hydrogens is 284 g/mol. The Hall–Kier alpha value is -1.74. The number of hydrogen-bond acceptors (Lipinski definition) is 3. The van der Waals surface area contributed by atoms with Gasteiger partial charge in [0, 0.05) is 37.2 Å². The van der Waals surface area contributed by atoms with Gasteiger partial charge in [0.25, 0.3) is 0 Å². The number of hydrogen-bond donors (Lipinski definition) is 0. The predicted molar refractivity (Wildman–Crippen MR) is 91.2 cm³/mol. The normalized spacial score (nSPS) is 39.1. The van der Waals surface area contributed by atoms with E-state index < -0.39 is 0 Å². The first-order valence-electron chi connectivity index (χ1n) is 8.81. The second kappa shape index (κ2) is 4.64. The summed E-state index contributed by atoms with van der Waals surface area (Å²) in [6.45, 7) is 4.38. The number of carbonyl (C=O) groups excluding carboxylic acids is 1. The Morgan fingerprint density at radius 3 is 3.09 bits per heavy atom. The van der Waals surface area contributed by atoms with Crippen LogP contribution in [-0.4, -0.2) is 36.0 Å². The lowest BCUT2D eigenvalue weighted by Gasteiger charge is -2.52. The van der Waals surface area contributed by atoms with Crippen LogP contribution < -0.4 is 0 Å². The van der Waals surface area contributed by atoms with Crippen LogP contribution in [0.25, 0.3) is 0 Å². The van der Waals surface area contributed by atoms with Gasteiger partial charge >= 0.3 is 0 Å². The summed E-state index contributed by atoms with van der Waals surface area (Å²) >= 11 is 0. The minimum absolute atomic E-state index is 0.0834. The van der Waals surface area contributed by atoms with Crippen LogP contribution in [0.1, 0.15) is 31.7 Å². The van der Waals surface area contributed by atoms with Gasteiger partial charge in [0.05, 0.1) is 11.1 Å². The van der Waals surface area contributed by atoms with Crippen LogP contribution in [0, 0.1) is 11.8 Å². The smallest absolute Gasteiger partial charge is 0.120 e. The van der Waals surface area contributed by atoms with Crippen LogP contribution in [0.5, 0.6) is 0 Å². The van der Waals surface area contributed by atoms with Crippen LogP contribution in [-0.2, 0) is 10.2 Å². The standard InChI is InChI=1S/C20H22N2O/c1-2-13-12-22-9-8-20-16-5-3-4-6-17(16)21-19(20)14(7-10-23)15(13)11-18(20)22/h2-6,10,14-15,18H,7-9,11-12H2,1H3/t14?,15-,18-,20+/m0/s1. The summed E-state index contributed by atoms with van der Waals surface area (Å²) in [6.07, 6.45) is 6.35. The van der Waals surface area contributed by atoms with Gasteiger partial charge in [0.15, 0.2) is 0 Å². The van der Waals surface area contributed by atoms with Crippen LogP contribution in [0.2, 0.25) is 0 Å². The van der Waals surface area contributed by atoms with E-state index in [0.29, 0.717) is 24.3 Å². The Labute approximate surface area is 137 Å². The molecule has 2 bridgehead atoms. The summed E-state index contributed by atoms with van der Waals surface area (Å²) in [5.41, 5.74) is 5.48. The fourth-order valence-corrected chi connectivity index (χ4v) is 5.88. The Kier molecular flexibility index (Phi) is 2.76. The molecule has 0 N–H and O–H groups in total. The van der Waals surface area contributed by atoms with Crippen LogP contribution in [0.3, 0.4) is 0 Å². The first-order valence-corrected chi connectivity index (χ1v) is 8.81. The summed E-state index contributed by atoms with van der Waals surface area (Å²) in [7, 11) is 0. The zero-order valence-electron chi connectivity index (χ0n) is 13.5. The van der Waals surface area contributed by atoms with Crippen LogP contribution >= 0.6 is 0 Å². The molecule has 1 unspecified atom stereocenters. The van der Waals surface area contributed by atoms with Crippen molar-refractivity contribution in [2.45, 2.75) is 37.6 Å². The minimum atomic E-state index is 0.0834. The third kappa shape index (κ3) is 1.54. The molecule has 5 rings (SSSR count). The first kappa shape index (κ1) is 13.7. The van der Waals surface area contributed by atoms with Crippen molar-refractivity contribution >= 4 is 17.7 Å². The number of rotatable bonds is 2. The van der Waals surface area contributed by atoms with E-state index in [2.05, 4.69) is 42.2 Å². The highest BCUT2D eigenvalue weighted by atomic mass is 16.1. The number of allylic oxidation sites excluding steroid dienone is 1. The van der Waals surface area contributed by atoms with Gasteiger partial charge in [-0.1, -0.05) is 29.8 Å². The quantitative estimate of drug-likeness (QED) is 0.620. The molecular formula is C20H22N2O. The van der Waals surface area contributed by atoms with E-state index in [0.717, 1.165) is 31.5 Å². The van der Waals surface area contributed by atoms with Gasteiger partial charge in [-0.25, -0.2) is 0 Å². The molecule has 3 nitrogen and oxygen atoms in total. The maximum absolute atomic E-state index is 11.4. The van der Waals surface area contributed by atoms with Crippen LogP contribution in [0.4, 0.5) is 5.69 Å². The lowest BCUT2D eigenvalue weighted by Crippen LogP contribution is -2.59. The molecule has 0 aromatic heterocycles. The molecule has 2 saturated heterocycles. The van der Waals surface area contributed by atoms with Gasteiger partial charge in [0.2, 0.25) is 0 Å². The van der Waals surface area contributed by atoms with Gasteiger partial charge in [-0.05, 0) is 37.3 Å². The van der Waals surface area contributed by atoms with Crippen molar-refractivity contribution in [1.82, 2.24) is 4.90 Å². The molecule has 0 radical (unpaired) electrons. The third-order valence-electron chi connectivity index (χ3n) is 6.78. The summed E-state index contributed by atoms with van der Waals surface area (Å²) in [5, 5.41) is 0. The first-order chi connectivity index (χ1) is 11.3. The molecule has 1 spiro atoms. The minimum Gasteiger partial charge on any atom is -0.303 e. The molecule has 3 fully saturated rings. The zero-order valence-corrected chi connectivity index (χ0v) is 13.5. The zero-order chi connectivity index (χ0) is 15.6. The van der Waals surface area contributed by atoms with Crippen molar-refractivity contribution in [2.24, 2.45) is 16.8 Å². The van der Waals surface area contributed by atoms with Gasteiger partial charge in [-0.2, -0.15) is 0 Å². The van der Waals surface area contributed by atoms with Gasteiger partial charge < -0.3 is 4.79 Å². The molecule has 0 amide bonds. The van der Waals surface area contributed by atoms with E-state index in [1.807, 2.05) is 0 Å². The molecule has 118 valence electrons. The Morgan fingerprint density at radius 1 is 1.39 bits per heavy atom. The number of carbonyl (C=O) groups is 1. The molecule has 4 atom stereocenters. The topological polar surface area (TPSA) is 32.7 Å². The van der Waals surface area contributed by atoms with E-state index in [1.54, 1.807) is 0 Å². The highest BCUT2D eigenvalue weighted by Crippen LogP contribution is 2.59. The summed E-state index contributed by atoms with van der Waals surface area (Å²) in [4.78, 5) is 19.2. The molecule has 1 aliphatic carbocycles. The molecule has 1 aromatic carbocycles. The predicted octanol–water partition coefficient (Wildman–Crippen LogP) is 3.27. The Morgan fingerprint density at radius 2 is 2.26 bits per heavy atom. The number of piperidine rings is 1. The van der Waals surface area contributed by atoms with Crippen molar-refractivity contribution < 1.29 is 4.79 Å². The van der Waals surface area contributed by atoms with E-state index >= 15 is 0 Å². The van der Waals surface area contributed by atoms with E-state index in [1.165, 1.54) is 23.3 Å². The number of aliphatic imine (C=N–C) groups is 1. The van der Waals surface area contributed by atoms with Crippen molar-refractivity contribution in [3.05, 3.63) is 41.5 Å². The molecule has 1 saturated carbocycles. The highest BCUT2D eigenvalue weighted by Gasteiger charge is 2.62. The van der Waals surface area contributed by atoms with Crippen LogP contribution in [0.15, 0.2) is 40.9 Å². The fourth-order valence-electron chi connectivity index (χ4n) is 5.88. The van der Waals surface area contributed by atoms with Crippen molar-refractivity contribution in [3.8, 4) is 0 Å². The number of benzene rings is 1. The van der Waals surface area contributed by atoms with Gasteiger partial charge in [-0.3, -0.25) is 9.89 Å². The Bertz CT molecular complexity index is 750.